The van der Waals surface area contributed by atoms with Crippen LogP contribution in [-0.4, -0.2) is 0 Å². The van der Waals surface area contributed by atoms with Gasteiger partial charge in [-0.2, -0.15) is 0 Å². The van der Waals surface area contributed by atoms with Crippen molar-refractivity contribution in [1.82, 2.24) is 0 Å². The van der Waals surface area contributed by atoms with Gasteiger partial charge in [-0.25, -0.2) is 0 Å². The Hall–Kier alpha value is -1.76. The zero-order chi connectivity index (χ0) is 15.4. The third-order valence-corrected chi connectivity index (χ3v) is 3.35. The van der Waals surface area contributed by atoms with Gasteiger partial charge in [-0.05, 0) is 29.5 Å². The summed E-state index contributed by atoms with van der Waals surface area (Å²) in [5.74, 6) is 0. The quantitative estimate of drug-likeness (QED) is 0.527. The summed E-state index contributed by atoms with van der Waals surface area (Å²) >= 11 is 0. The molecule has 0 N–H and O–H groups in total. The highest BCUT2D eigenvalue weighted by Crippen LogP contribution is 2.35. The van der Waals surface area contributed by atoms with Gasteiger partial charge in [-0.1, -0.05) is 51.1 Å². The molecule has 0 unspecified atom stereocenters. The first-order valence-electron chi connectivity index (χ1n) is 7.65. The molecule has 0 radical (unpaired) electrons. The summed E-state index contributed by atoms with van der Waals surface area (Å²) in [6.45, 7) is 3.86. The van der Waals surface area contributed by atoms with E-state index in [9.17, 15) is 0 Å². The molecule has 0 spiro atoms. The van der Waals surface area contributed by atoms with E-state index in [4.69, 9.17) is 8.53 Å². The first-order chi connectivity index (χ1) is 9.69. The summed E-state index contributed by atoms with van der Waals surface area (Å²) in [4.78, 5) is 0. The molecule has 1 nitrogen and oxygen atoms in total. The third-order valence-electron chi connectivity index (χ3n) is 3.35. The van der Waals surface area contributed by atoms with Crippen LogP contribution in [-0.2, 0) is 5.41 Å². The van der Waals surface area contributed by atoms with E-state index in [0.717, 1.165) is 21.9 Å². The SMILES string of the molecule is [2H]C([2H])([2H])c1c(C(C)(C)C)ccc2c1oc1ccccc12. The summed E-state index contributed by atoms with van der Waals surface area (Å²) in [6.07, 6.45) is 0. The van der Waals surface area contributed by atoms with Gasteiger partial charge >= 0.3 is 0 Å². The summed E-state index contributed by atoms with van der Waals surface area (Å²) in [7, 11) is 0. The number of para-hydroxylation sites is 1. The molecule has 0 aliphatic heterocycles. The summed E-state index contributed by atoms with van der Waals surface area (Å²) in [6, 6.07) is 11.5. The van der Waals surface area contributed by atoms with Gasteiger partial charge < -0.3 is 4.42 Å². The number of benzene rings is 2. The molecule has 0 aliphatic carbocycles. The van der Waals surface area contributed by atoms with Gasteiger partial charge in [0.05, 0.1) is 0 Å². The van der Waals surface area contributed by atoms with Crippen LogP contribution in [0.1, 0.15) is 36.0 Å². The van der Waals surface area contributed by atoms with E-state index in [1.807, 2.05) is 57.2 Å². The molecule has 0 saturated heterocycles. The fourth-order valence-corrected chi connectivity index (χ4v) is 2.41. The largest absolute Gasteiger partial charge is 0.456 e. The second kappa shape index (κ2) is 3.61. The molecule has 92 valence electrons. The van der Waals surface area contributed by atoms with Gasteiger partial charge in [0.25, 0.3) is 0 Å². The average molecular weight is 241 g/mol. The van der Waals surface area contributed by atoms with Crippen LogP contribution >= 0.6 is 0 Å². The van der Waals surface area contributed by atoms with Crippen molar-refractivity contribution in [2.75, 3.05) is 0 Å². The number of hydrogen-bond donors (Lipinski definition) is 0. The van der Waals surface area contributed by atoms with E-state index in [0.29, 0.717) is 11.1 Å². The van der Waals surface area contributed by atoms with E-state index in [1.54, 1.807) is 0 Å². The normalized spacial score (nSPS) is 15.6. The van der Waals surface area contributed by atoms with Crippen LogP contribution in [0, 0.1) is 6.85 Å². The second-order valence-electron chi connectivity index (χ2n) is 5.71. The van der Waals surface area contributed by atoms with Crippen molar-refractivity contribution in [2.45, 2.75) is 33.0 Å². The predicted octanol–water partition coefficient (Wildman–Crippen LogP) is 5.19. The van der Waals surface area contributed by atoms with E-state index < -0.39 is 6.85 Å². The van der Waals surface area contributed by atoms with Crippen LogP contribution in [0.5, 0.6) is 0 Å². The minimum absolute atomic E-state index is 0.253. The maximum absolute atomic E-state index is 7.92. The van der Waals surface area contributed by atoms with Gasteiger partial charge in [0.1, 0.15) is 11.2 Å². The molecular formula is C17H18O. The van der Waals surface area contributed by atoms with Crippen LogP contribution < -0.4 is 0 Å². The summed E-state index contributed by atoms with van der Waals surface area (Å²) in [5.41, 5.74) is 2.11. The average Bonchev–Trinajstić information content (AvgIpc) is 2.73. The molecule has 0 aliphatic rings. The van der Waals surface area contributed by atoms with Crippen molar-refractivity contribution in [3.63, 3.8) is 0 Å². The maximum atomic E-state index is 7.92. The molecule has 1 heteroatoms. The minimum Gasteiger partial charge on any atom is -0.456 e. The first kappa shape index (κ1) is 8.36. The zero-order valence-corrected chi connectivity index (χ0v) is 10.9. The Morgan fingerprint density at radius 3 is 2.50 bits per heavy atom. The Morgan fingerprint density at radius 1 is 1.00 bits per heavy atom. The van der Waals surface area contributed by atoms with E-state index in [-0.39, 0.29) is 5.41 Å². The van der Waals surface area contributed by atoms with Crippen molar-refractivity contribution >= 4 is 21.9 Å². The lowest BCUT2D eigenvalue weighted by molar-refractivity contribution is 0.582. The van der Waals surface area contributed by atoms with Crippen LogP contribution in [0.25, 0.3) is 21.9 Å². The fourth-order valence-electron chi connectivity index (χ4n) is 2.41. The third kappa shape index (κ3) is 1.54. The Morgan fingerprint density at radius 2 is 1.78 bits per heavy atom. The van der Waals surface area contributed by atoms with Crippen molar-refractivity contribution in [1.29, 1.82) is 0 Å². The zero-order valence-electron chi connectivity index (χ0n) is 13.9. The molecule has 0 bridgehead atoms. The minimum atomic E-state index is -2.20. The Kier molecular flexibility index (Phi) is 1.68. The predicted molar refractivity (Wildman–Crippen MR) is 77.2 cm³/mol. The van der Waals surface area contributed by atoms with Crippen LogP contribution in [0.3, 0.4) is 0 Å². The second-order valence-corrected chi connectivity index (χ2v) is 5.71. The number of aryl methyl sites for hydroxylation is 1. The molecule has 0 fully saturated rings. The maximum Gasteiger partial charge on any atom is 0.138 e. The molecule has 0 saturated carbocycles. The molecule has 18 heavy (non-hydrogen) atoms. The highest BCUT2D eigenvalue weighted by molar-refractivity contribution is 6.06. The van der Waals surface area contributed by atoms with E-state index in [2.05, 4.69) is 0 Å². The Bertz CT molecular complexity index is 820. The molecular weight excluding hydrogens is 220 g/mol. The van der Waals surface area contributed by atoms with Gasteiger partial charge in [0.2, 0.25) is 0 Å². The molecule has 0 amide bonds. The lowest BCUT2D eigenvalue weighted by Crippen LogP contribution is -2.12. The topological polar surface area (TPSA) is 13.1 Å². The van der Waals surface area contributed by atoms with Crippen molar-refractivity contribution in [3.05, 3.63) is 47.5 Å². The summed E-state index contributed by atoms with van der Waals surface area (Å²) in [5, 5.41) is 1.82. The fraction of sp³-hybridized carbons (Fsp3) is 0.294. The highest BCUT2D eigenvalue weighted by Gasteiger charge is 2.19. The van der Waals surface area contributed by atoms with Crippen molar-refractivity contribution in [3.8, 4) is 0 Å². The van der Waals surface area contributed by atoms with Crippen LogP contribution in [0.4, 0.5) is 0 Å². The molecule has 3 aromatic rings. The van der Waals surface area contributed by atoms with Gasteiger partial charge in [0, 0.05) is 14.9 Å². The van der Waals surface area contributed by atoms with Crippen LogP contribution in [0.15, 0.2) is 40.8 Å². The molecule has 2 aromatic carbocycles. The van der Waals surface area contributed by atoms with E-state index in [1.165, 1.54) is 0 Å². The van der Waals surface area contributed by atoms with Crippen LogP contribution in [0.2, 0.25) is 0 Å². The lowest BCUT2D eigenvalue weighted by atomic mass is 9.83. The monoisotopic (exact) mass is 241 g/mol. The lowest BCUT2D eigenvalue weighted by Gasteiger charge is -2.21. The molecule has 0 atom stereocenters. The highest BCUT2D eigenvalue weighted by atomic mass is 16.3. The first-order valence-corrected chi connectivity index (χ1v) is 6.15. The van der Waals surface area contributed by atoms with E-state index >= 15 is 0 Å². The standard InChI is InChI=1S/C17H18O/c1-11-14(17(2,3)4)10-9-13-12-7-5-6-8-15(12)18-16(11)13/h5-10H,1-4H3/i1D3. The van der Waals surface area contributed by atoms with Gasteiger partial charge in [-0.15, -0.1) is 0 Å². The number of fused-ring (bicyclic) bond motifs is 3. The Balaban J connectivity index is 2.50. The number of furan rings is 1. The van der Waals surface area contributed by atoms with Crippen molar-refractivity contribution < 1.29 is 8.53 Å². The van der Waals surface area contributed by atoms with Gasteiger partial charge in [-0.3, -0.25) is 0 Å². The molecule has 1 aromatic heterocycles. The van der Waals surface area contributed by atoms with Gasteiger partial charge in [0.15, 0.2) is 0 Å². The smallest absolute Gasteiger partial charge is 0.138 e. The Labute approximate surface area is 112 Å². The number of hydrogen-bond acceptors (Lipinski definition) is 1. The number of rotatable bonds is 0. The summed E-state index contributed by atoms with van der Waals surface area (Å²) < 4.78 is 29.7. The molecule has 1 heterocycles. The van der Waals surface area contributed by atoms with Crippen molar-refractivity contribution in [2.24, 2.45) is 0 Å². The molecule has 3 rings (SSSR count).